The molecular weight excluding hydrogens is 232 g/mol. The molecule has 3 rings (SSSR count). The number of nitrogens with one attached hydrogen (secondary N) is 1. The largest absolute Gasteiger partial charge is 0.313 e. The van der Waals surface area contributed by atoms with Gasteiger partial charge in [-0.05, 0) is 44.3 Å². The summed E-state index contributed by atoms with van der Waals surface area (Å²) < 4.78 is 0. The molecule has 0 spiro atoms. The van der Waals surface area contributed by atoms with E-state index in [1.54, 1.807) is 0 Å². The summed E-state index contributed by atoms with van der Waals surface area (Å²) in [4.78, 5) is 2.64. The molecule has 1 aliphatic heterocycles. The summed E-state index contributed by atoms with van der Waals surface area (Å²) in [5, 5.41) is 3.74. The molecule has 2 heteroatoms. The number of hydrogen-bond acceptors (Lipinski definition) is 2. The van der Waals surface area contributed by atoms with E-state index in [0.29, 0.717) is 0 Å². The summed E-state index contributed by atoms with van der Waals surface area (Å²) >= 11 is 0. The van der Waals surface area contributed by atoms with Crippen molar-refractivity contribution in [2.45, 2.75) is 44.1 Å². The van der Waals surface area contributed by atoms with Gasteiger partial charge in [0.15, 0.2) is 0 Å². The molecule has 1 unspecified atom stereocenters. The van der Waals surface area contributed by atoms with Crippen molar-refractivity contribution in [2.75, 3.05) is 26.2 Å². The fraction of sp³-hybridized carbons (Fsp3) is 0.647. The van der Waals surface area contributed by atoms with Gasteiger partial charge in [-0.1, -0.05) is 37.3 Å². The molecule has 1 aromatic rings. The van der Waals surface area contributed by atoms with E-state index in [4.69, 9.17) is 0 Å². The van der Waals surface area contributed by atoms with Crippen LogP contribution in [0.5, 0.6) is 0 Å². The van der Waals surface area contributed by atoms with Crippen LogP contribution in [-0.2, 0) is 5.41 Å². The second-order valence-corrected chi connectivity index (χ2v) is 6.57. The lowest BCUT2D eigenvalue weighted by atomic mass is 9.81. The minimum Gasteiger partial charge on any atom is -0.313 e. The van der Waals surface area contributed by atoms with Crippen molar-refractivity contribution in [1.82, 2.24) is 10.2 Å². The summed E-state index contributed by atoms with van der Waals surface area (Å²) in [5.74, 6) is 0. The van der Waals surface area contributed by atoms with Gasteiger partial charge in [0.1, 0.15) is 0 Å². The maximum Gasteiger partial charge on any atom is 0.0177 e. The molecule has 2 nitrogen and oxygen atoms in total. The van der Waals surface area contributed by atoms with Gasteiger partial charge >= 0.3 is 0 Å². The Kier molecular flexibility index (Phi) is 3.90. The van der Waals surface area contributed by atoms with E-state index in [0.717, 1.165) is 12.6 Å². The third-order valence-corrected chi connectivity index (χ3v) is 4.60. The molecule has 2 aliphatic rings. The number of hydrogen-bond donors (Lipinski definition) is 1. The minimum absolute atomic E-state index is 0.244. The Balaban J connectivity index is 1.72. The first-order valence-corrected chi connectivity index (χ1v) is 7.78. The Labute approximate surface area is 117 Å². The third-order valence-electron chi connectivity index (χ3n) is 4.60. The van der Waals surface area contributed by atoms with Gasteiger partial charge in [0, 0.05) is 24.5 Å². The van der Waals surface area contributed by atoms with Crippen molar-refractivity contribution in [3.63, 3.8) is 0 Å². The topological polar surface area (TPSA) is 15.3 Å². The molecule has 0 aromatic heterocycles. The predicted octanol–water partition coefficient (Wildman–Crippen LogP) is 2.79. The molecule has 0 amide bonds. The highest BCUT2D eigenvalue weighted by atomic mass is 15.1. The number of likely N-dealkylation sites (tertiary alicyclic amines) is 1. The van der Waals surface area contributed by atoms with Crippen molar-refractivity contribution in [3.8, 4) is 0 Å². The monoisotopic (exact) mass is 258 g/mol. The summed E-state index contributed by atoms with van der Waals surface area (Å²) in [6.45, 7) is 7.29. The Morgan fingerprint density at radius 2 is 1.84 bits per heavy atom. The quantitative estimate of drug-likeness (QED) is 0.844. The van der Waals surface area contributed by atoms with Crippen LogP contribution in [0, 0.1) is 0 Å². The summed E-state index contributed by atoms with van der Waals surface area (Å²) in [7, 11) is 0. The van der Waals surface area contributed by atoms with Crippen LogP contribution < -0.4 is 5.32 Å². The molecule has 1 saturated carbocycles. The Morgan fingerprint density at radius 3 is 2.47 bits per heavy atom. The Bertz CT molecular complexity index is 393. The summed E-state index contributed by atoms with van der Waals surface area (Å²) in [6, 6.07) is 11.9. The van der Waals surface area contributed by atoms with E-state index in [9.17, 15) is 0 Å². The highest BCUT2D eigenvalue weighted by molar-refractivity contribution is 5.26. The fourth-order valence-corrected chi connectivity index (χ4v) is 3.18. The molecule has 1 N–H and O–H groups in total. The molecule has 19 heavy (non-hydrogen) atoms. The second kappa shape index (κ2) is 5.64. The van der Waals surface area contributed by atoms with Crippen molar-refractivity contribution in [1.29, 1.82) is 0 Å². The zero-order valence-corrected chi connectivity index (χ0v) is 12.1. The molecule has 1 saturated heterocycles. The normalized spacial score (nSPS) is 23.4. The van der Waals surface area contributed by atoms with Gasteiger partial charge < -0.3 is 10.2 Å². The van der Waals surface area contributed by atoms with Gasteiger partial charge in [-0.2, -0.15) is 0 Å². The Hall–Kier alpha value is -0.860. The SMILES string of the molecule is CC(CNC1CC1)(CN1CCCC1)c1ccccc1. The average Bonchev–Trinajstić information content (AvgIpc) is 3.15. The molecule has 1 aliphatic carbocycles. The first-order chi connectivity index (χ1) is 9.26. The van der Waals surface area contributed by atoms with Gasteiger partial charge in [-0.15, -0.1) is 0 Å². The van der Waals surface area contributed by atoms with E-state index < -0.39 is 0 Å². The molecule has 0 radical (unpaired) electrons. The van der Waals surface area contributed by atoms with Crippen molar-refractivity contribution < 1.29 is 0 Å². The maximum absolute atomic E-state index is 3.74. The van der Waals surface area contributed by atoms with E-state index in [1.807, 2.05) is 0 Å². The van der Waals surface area contributed by atoms with Crippen LogP contribution in [0.3, 0.4) is 0 Å². The Morgan fingerprint density at radius 1 is 1.16 bits per heavy atom. The van der Waals surface area contributed by atoms with Crippen LogP contribution in [0.2, 0.25) is 0 Å². The molecule has 1 atom stereocenters. The van der Waals surface area contributed by atoms with Crippen LogP contribution in [0.1, 0.15) is 38.2 Å². The van der Waals surface area contributed by atoms with Crippen LogP contribution in [0.15, 0.2) is 30.3 Å². The van der Waals surface area contributed by atoms with Gasteiger partial charge in [-0.3, -0.25) is 0 Å². The minimum atomic E-state index is 0.244. The van der Waals surface area contributed by atoms with Gasteiger partial charge in [0.25, 0.3) is 0 Å². The second-order valence-electron chi connectivity index (χ2n) is 6.57. The highest BCUT2D eigenvalue weighted by Gasteiger charge is 2.32. The number of nitrogens with zero attached hydrogens (tertiary/aromatic N) is 1. The number of benzene rings is 1. The average molecular weight is 258 g/mol. The number of rotatable bonds is 6. The van der Waals surface area contributed by atoms with E-state index in [1.165, 1.54) is 50.9 Å². The molecule has 1 aromatic carbocycles. The first-order valence-electron chi connectivity index (χ1n) is 7.78. The molecule has 0 bridgehead atoms. The summed E-state index contributed by atoms with van der Waals surface area (Å²) in [5.41, 5.74) is 1.73. The van der Waals surface area contributed by atoms with E-state index >= 15 is 0 Å². The first kappa shape index (κ1) is 13.1. The third kappa shape index (κ3) is 3.37. The molecule has 104 valence electrons. The van der Waals surface area contributed by atoms with E-state index in [-0.39, 0.29) is 5.41 Å². The van der Waals surface area contributed by atoms with Crippen LogP contribution >= 0.6 is 0 Å². The van der Waals surface area contributed by atoms with Crippen molar-refractivity contribution in [3.05, 3.63) is 35.9 Å². The summed E-state index contributed by atoms with van der Waals surface area (Å²) in [6.07, 6.45) is 5.49. The van der Waals surface area contributed by atoms with Gasteiger partial charge in [0.05, 0.1) is 0 Å². The fourth-order valence-electron chi connectivity index (χ4n) is 3.18. The van der Waals surface area contributed by atoms with Gasteiger partial charge in [-0.25, -0.2) is 0 Å². The van der Waals surface area contributed by atoms with E-state index in [2.05, 4.69) is 47.5 Å². The zero-order chi connectivity index (χ0) is 13.1. The molecule has 1 heterocycles. The maximum atomic E-state index is 3.74. The smallest absolute Gasteiger partial charge is 0.0177 e. The molecule has 2 fully saturated rings. The standard InChI is InChI=1S/C17H26N2/c1-17(13-18-16-9-10-16,14-19-11-5-6-12-19)15-7-3-2-4-8-15/h2-4,7-8,16,18H,5-6,9-14H2,1H3. The van der Waals surface area contributed by atoms with Crippen molar-refractivity contribution in [2.24, 2.45) is 0 Å². The van der Waals surface area contributed by atoms with Gasteiger partial charge in [0.2, 0.25) is 0 Å². The lowest BCUT2D eigenvalue weighted by molar-refractivity contribution is 0.249. The highest BCUT2D eigenvalue weighted by Crippen LogP contribution is 2.28. The van der Waals surface area contributed by atoms with Crippen LogP contribution in [-0.4, -0.2) is 37.1 Å². The predicted molar refractivity (Wildman–Crippen MR) is 80.5 cm³/mol. The lowest BCUT2D eigenvalue weighted by Crippen LogP contribution is -2.45. The zero-order valence-electron chi connectivity index (χ0n) is 12.1. The molecular formula is C17H26N2. The van der Waals surface area contributed by atoms with Crippen LogP contribution in [0.4, 0.5) is 0 Å². The lowest BCUT2D eigenvalue weighted by Gasteiger charge is -2.35. The van der Waals surface area contributed by atoms with Crippen LogP contribution in [0.25, 0.3) is 0 Å². The van der Waals surface area contributed by atoms with Crippen molar-refractivity contribution >= 4 is 0 Å².